The SMILES string of the molecule is CCCCCNN(CC)c1ccccc1O. The number of aromatic hydroxyl groups is 1. The Hall–Kier alpha value is -1.22. The van der Waals surface area contributed by atoms with Gasteiger partial charge in [0.15, 0.2) is 0 Å². The van der Waals surface area contributed by atoms with E-state index in [4.69, 9.17) is 0 Å². The third kappa shape index (κ3) is 3.74. The summed E-state index contributed by atoms with van der Waals surface area (Å²) in [6, 6.07) is 7.41. The van der Waals surface area contributed by atoms with E-state index in [0.717, 1.165) is 18.8 Å². The van der Waals surface area contributed by atoms with Crippen LogP contribution >= 0.6 is 0 Å². The van der Waals surface area contributed by atoms with Gasteiger partial charge < -0.3 is 10.1 Å². The molecule has 90 valence electrons. The smallest absolute Gasteiger partial charge is 0.140 e. The number of hydrogen-bond donors (Lipinski definition) is 2. The van der Waals surface area contributed by atoms with Crippen molar-refractivity contribution in [1.82, 2.24) is 5.43 Å². The minimum atomic E-state index is 0.326. The minimum absolute atomic E-state index is 0.326. The average Bonchev–Trinajstić information content (AvgIpc) is 2.31. The zero-order valence-corrected chi connectivity index (χ0v) is 10.2. The van der Waals surface area contributed by atoms with Crippen molar-refractivity contribution < 1.29 is 5.11 Å². The molecule has 0 saturated heterocycles. The highest BCUT2D eigenvalue weighted by atomic mass is 16.3. The molecule has 0 aliphatic rings. The summed E-state index contributed by atoms with van der Waals surface area (Å²) in [5.74, 6) is 0.326. The molecule has 0 aromatic heterocycles. The van der Waals surface area contributed by atoms with Gasteiger partial charge in [-0.25, -0.2) is 5.43 Å². The van der Waals surface area contributed by atoms with E-state index in [0.29, 0.717) is 5.75 Å². The van der Waals surface area contributed by atoms with Crippen molar-refractivity contribution in [2.75, 3.05) is 18.1 Å². The molecule has 0 bridgehead atoms. The Morgan fingerprint density at radius 2 is 1.94 bits per heavy atom. The van der Waals surface area contributed by atoms with E-state index < -0.39 is 0 Å². The zero-order valence-electron chi connectivity index (χ0n) is 10.2. The summed E-state index contributed by atoms with van der Waals surface area (Å²) in [6.07, 6.45) is 3.64. The molecule has 0 amide bonds. The van der Waals surface area contributed by atoms with Crippen molar-refractivity contribution in [3.05, 3.63) is 24.3 Å². The van der Waals surface area contributed by atoms with Crippen LogP contribution in [-0.4, -0.2) is 18.2 Å². The number of hydrazine groups is 1. The van der Waals surface area contributed by atoms with Gasteiger partial charge in [0.2, 0.25) is 0 Å². The summed E-state index contributed by atoms with van der Waals surface area (Å²) in [6.45, 7) is 6.06. The lowest BCUT2D eigenvalue weighted by Crippen LogP contribution is -2.38. The first-order valence-corrected chi connectivity index (χ1v) is 6.08. The number of hydrogen-bond acceptors (Lipinski definition) is 3. The maximum absolute atomic E-state index is 9.73. The number of phenols is 1. The molecule has 1 aromatic carbocycles. The second kappa shape index (κ2) is 7.12. The van der Waals surface area contributed by atoms with Crippen molar-refractivity contribution in [3.63, 3.8) is 0 Å². The van der Waals surface area contributed by atoms with E-state index in [1.807, 2.05) is 23.2 Å². The molecule has 0 spiro atoms. The Bertz CT molecular complexity index is 302. The maximum Gasteiger partial charge on any atom is 0.140 e. The van der Waals surface area contributed by atoms with Crippen molar-refractivity contribution in [3.8, 4) is 5.75 Å². The van der Waals surface area contributed by atoms with E-state index >= 15 is 0 Å². The number of nitrogens with zero attached hydrogens (tertiary/aromatic N) is 1. The zero-order chi connectivity index (χ0) is 11.8. The first-order chi connectivity index (χ1) is 7.79. The molecular formula is C13H22N2O. The summed E-state index contributed by atoms with van der Waals surface area (Å²) >= 11 is 0. The fraction of sp³-hybridized carbons (Fsp3) is 0.538. The fourth-order valence-electron chi connectivity index (χ4n) is 1.65. The van der Waals surface area contributed by atoms with Crippen LogP contribution in [-0.2, 0) is 0 Å². The van der Waals surface area contributed by atoms with Crippen LogP contribution in [0.3, 0.4) is 0 Å². The third-order valence-electron chi connectivity index (χ3n) is 2.57. The van der Waals surface area contributed by atoms with E-state index in [9.17, 15) is 5.11 Å². The maximum atomic E-state index is 9.73. The van der Waals surface area contributed by atoms with Gasteiger partial charge in [-0.2, -0.15) is 0 Å². The Balaban J connectivity index is 2.51. The van der Waals surface area contributed by atoms with Crippen molar-refractivity contribution in [2.45, 2.75) is 33.1 Å². The first-order valence-electron chi connectivity index (χ1n) is 6.08. The Labute approximate surface area is 98.1 Å². The van der Waals surface area contributed by atoms with E-state index in [2.05, 4.69) is 19.3 Å². The number of rotatable bonds is 7. The highest BCUT2D eigenvalue weighted by molar-refractivity contribution is 5.56. The number of anilines is 1. The van der Waals surface area contributed by atoms with Crippen LogP contribution < -0.4 is 10.4 Å². The molecule has 0 radical (unpaired) electrons. The molecule has 0 heterocycles. The quantitative estimate of drug-likeness (QED) is 0.550. The van der Waals surface area contributed by atoms with Gasteiger partial charge in [-0.1, -0.05) is 31.9 Å². The Morgan fingerprint density at radius 1 is 1.19 bits per heavy atom. The van der Waals surface area contributed by atoms with E-state index in [1.54, 1.807) is 6.07 Å². The highest BCUT2D eigenvalue weighted by Gasteiger charge is 2.07. The van der Waals surface area contributed by atoms with Crippen molar-refractivity contribution in [1.29, 1.82) is 0 Å². The summed E-state index contributed by atoms with van der Waals surface area (Å²) < 4.78 is 0. The molecule has 0 aliphatic heterocycles. The van der Waals surface area contributed by atoms with E-state index in [-0.39, 0.29) is 0 Å². The number of para-hydroxylation sites is 2. The first kappa shape index (κ1) is 12.8. The molecule has 2 N–H and O–H groups in total. The van der Waals surface area contributed by atoms with E-state index in [1.165, 1.54) is 19.3 Å². The van der Waals surface area contributed by atoms with Gasteiger partial charge in [0.25, 0.3) is 0 Å². The van der Waals surface area contributed by atoms with Gasteiger partial charge in [-0.15, -0.1) is 0 Å². The second-order valence-electron chi connectivity index (χ2n) is 3.85. The van der Waals surface area contributed by atoms with Crippen LogP contribution in [0.2, 0.25) is 0 Å². The summed E-state index contributed by atoms with van der Waals surface area (Å²) in [5, 5.41) is 11.7. The molecule has 0 fully saturated rings. The number of unbranched alkanes of at least 4 members (excludes halogenated alkanes) is 2. The number of benzene rings is 1. The minimum Gasteiger partial charge on any atom is -0.506 e. The normalized spacial score (nSPS) is 10.4. The molecule has 3 heteroatoms. The predicted molar refractivity (Wildman–Crippen MR) is 68.7 cm³/mol. The lowest BCUT2D eigenvalue weighted by molar-refractivity contribution is 0.469. The van der Waals surface area contributed by atoms with Crippen LogP contribution in [0.5, 0.6) is 5.75 Å². The standard InChI is InChI=1S/C13H22N2O/c1-3-5-8-11-14-15(4-2)12-9-6-7-10-13(12)16/h6-7,9-10,14,16H,3-5,8,11H2,1-2H3. The van der Waals surface area contributed by atoms with Crippen LogP contribution in [0.1, 0.15) is 33.1 Å². The van der Waals surface area contributed by atoms with Gasteiger partial charge in [-0.3, -0.25) is 0 Å². The Morgan fingerprint density at radius 3 is 2.56 bits per heavy atom. The molecule has 1 rings (SSSR count). The molecule has 0 atom stereocenters. The lowest BCUT2D eigenvalue weighted by atomic mass is 10.2. The van der Waals surface area contributed by atoms with Crippen LogP contribution in [0.25, 0.3) is 0 Å². The van der Waals surface area contributed by atoms with Gasteiger partial charge in [0.1, 0.15) is 5.75 Å². The predicted octanol–water partition coefficient (Wildman–Crippen LogP) is 2.91. The van der Waals surface area contributed by atoms with Crippen LogP contribution in [0.15, 0.2) is 24.3 Å². The summed E-state index contributed by atoms with van der Waals surface area (Å²) in [7, 11) is 0. The van der Waals surface area contributed by atoms with Crippen LogP contribution in [0.4, 0.5) is 5.69 Å². The third-order valence-corrected chi connectivity index (χ3v) is 2.57. The fourth-order valence-corrected chi connectivity index (χ4v) is 1.65. The lowest BCUT2D eigenvalue weighted by Gasteiger charge is -2.24. The largest absolute Gasteiger partial charge is 0.506 e. The average molecular weight is 222 g/mol. The van der Waals surface area contributed by atoms with Gasteiger partial charge in [0.05, 0.1) is 5.69 Å². The molecule has 3 nitrogen and oxygen atoms in total. The molecule has 0 aliphatic carbocycles. The van der Waals surface area contributed by atoms with Crippen molar-refractivity contribution in [2.24, 2.45) is 0 Å². The Kier molecular flexibility index (Phi) is 5.72. The summed E-state index contributed by atoms with van der Waals surface area (Å²) in [5.41, 5.74) is 4.18. The molecule has 0 unspecified atom stereocenters. The molecule has 1 aromatic rings. The van der Waals surface area contributed by atoms with Gasteiger partial charge in [0, 0.05) is 13.1 Å². The van der Waals surface area contributed by atoms with Crippen LogP contribution in [0, 0.1) is 0 Å². The van der Waals surface area contributed by atoms with Crippen molar-refractivity contribution >= 4 is 5.69 Å². The molecule has 16 heavy (non-hydrogen) atoms. The summed E-state index contributed by atoms with van der Waals surface area (Å²) in [4.78, 5) is 0. The highest BCUT2D eigenvalue weighted by Crippen LogP contribution is 2.24. The monoisotopic (exact) mass is 222 g/mol. The van der Waals surface area contributed by atoms with Gasteiger partial charge >= 0.3 is 0 Å². The van der Waals surface area contributed by atoms with Gasteiger partial charge in [-0.05, 0) is 25.5 Å². The number of nitrogens with one attached hydrogen (secondary N) is 1. The topological polar surface area (TPSA) is 35.5 Å². The second-order valence-corrected chi connectivity index (χ2v) is 3.85. The number of phenolic OH excluding ortho intramolecular Hbond substituents is 1. The molecule has 0 saturated carbocycles. The molecular weight excluding hydrogens is 200 g/mol.